The number of rotatable bonds is 9. The summed E-state index contributed by atoms with van der Waals surface area (Å²) in [5.74, 6) is 1.50. The van der Waals surface area contributed by atoms with Crippen LogP contribution in [0.1, 0.15) is 56.7 Å². The van der Waals surface area contributed by atoms with Crippen LogP contribution in [0.3, 0.4) is 0 Å². The molecule has 1 amide bonds. The van der Waals surface area contributed by atoms with Crippen molar-refractivity contribution in [1.29, 1.82) is 0 Å². The molecule has 158 valence electrons. The minimum Gasteiger partial charge on any atom is -0.357 e. The summed E-state index contributed by atoms with van der Waals surface area (Å²) < 4.78 is 0. The molecule has 2 N–H and O–H groups in total. The molecule has 0 aliphatic carbocycles. The van der Waals surface area contributed by atoms with Gasteiger partial charge in [-0.1, -0.05) is 13.8 Å². The third-order valence-corrected chi connectivity index (χ3v) is 5.73. The molecule has 1 aliphatic rings. The highest BCUT2D eigenvalue weighted by Gasteiger charge is 2.30. The lowest BCUT2D eigenvalue weighted by molar-refractivity contribution is -0.133. The van der Waals surface area contributed by atoms with E-state index in [1.54, 1.807) is 16.2 Å². The Morgan fingerprint density at radius 3 is 2.86 bits per heavy atom. The van der Waals surface area contributed by atoms with Crippen molar-refractivity contribution in [2.75, 3.05) is 40.3 Å². The Morgan fingerprint density at radius 1 is 1.43 bits per heavy atom. The molecule has 0 saturated carbocycles. The molecule has 2 heterocycles. The molecular weight excluding hydrogens is 372 g/mol. The zero-order valence-corrected chi connectivity index (χ0v) is 18.8. The van der Waals surface area contributed by atoms with Gasteiger partial charge < -0.3 is 15.5 Å². The largest absolute Gasteiger partial charge is 0.357 e. The maximum Gasteiger partial charge on any atom is 0.239 e. The van der Waals surface area contributed by atoms with Crippen LogP contribution in [-0.4, -0.2) is 73.0 Å². The highest BCUT2D eigenvalue weighted by molar-refractivity contribution is 7.09. The number of likely N-dealkylation sites (N-methyl/N-ethyl adjacent to an activating group) is 1. The van der Waals surface area contributed by atoms with Crippen molar-refractivity contribution in [3.63, 3.8) is 0 Å². The third kappa shape index (κ3) is 6.74. The Labute approximate surface area is 173 Å². The normalized spacial score (nSPS) is 17.9. The number of hydrogen-bond donors (Lipinski definition) is 2. The van der Waals surface area contributed by atoms with E-state index in [2.05, 4.69) is 51.7 Å². The SMILES string of the molecule is CCNC(=NCc1nc(C(C)C)cs1)NCCCN1CCCC1C(=O)N(C)C. The van der Waals surface area contributed by atoms with Gasteiger partial charge >= 0.3 is 0 Å². The minimum absolute atomic E-state index is 0.0527. The first kappa shape index (κ1) is 22.6. The molecule has 0 aromatic carbocycles. The van der Waals surface area contributed by atoms with Crippen LogP contribution in [0.25, 0.3) is 0 Å². The second-order valence-electron chi connectivity index (χ2n) is 7.72. The Morgan fingerprint density at radius 2 is 2.21 bits per heavy atom. The quantitative estimate of drug-likeness (QED) is 0.373. The van der Waals surface area contributed by atoms with Crippen LogP contribution in [0.15, 0.2) is 10.4 Å². The summed E-state index contributed by atoms with van der Waals surface area (Å²) in [6, 6.07) is 0.0527. The van der Waals surface area contributed by atoms with Gasteiger partial charge in [-0.25, -0.2) is 9.98 Å². The number of carbonyl (C=O) groups excluding carboxylic acids is 1. The molecule has 2 rings (SSSR count). The lowest BCUT2D eigenvalue weighted by Gasteiger charge is -2.26. The molecule has 1 saturated heterocycles. The molecule has 28 heavy (non-hydrogen) atoms. The van der Waals surface area contributed by atoms with Gasteiger partial charge in [0.25, 0.3) is 0 Å². The van der Waals surface area contributed by atoms with E-state index >= 15 is 0 Å². The number of thiazole rings is 1. The number of amides is 1. The molecule has 0 spiro atoms. The summed E-state index contributed by atoms with van der Waals surface area (Å²) in [6.07, 6.45) is 3.06. The first-order valence-corrected chi connectivity index (χ1v) is 11.2. The van der Waals surface area contributed by atoms with Crippen LogP contribution < -0.4 is 10.6 Å². The van der Waals surface area contributed by atoms with Gasteiger partial charge in [-0.3, -0.25) is 9.69 Å². The molecule has 1 aromatic heterocycles. The predicted octanol–water partition coefficient (Wildman–Crippen LogP) is 2.26. The number of carbonyl (C=O) groups is 1. The average Bonchev–Trinajstić information content (AvgIpc) is 3.31. The van der Waals surface area contributed by atoms with Gasteiger partial charge in [0.2, 0.25) is 5.91 Å². The Kier molecular flexibility index (Phi) is 9.18. The second kappa shape index (κ2) is 11.4. The molecule has 7 nitrogen and oxygen atoms in total. The van der Waals surface area contributed by atoms with Crippen LogP contribution >= 0.6 is 11.3 Å². The zero-order valence-electron chi connectivity index (χ0n) is 18.0. The number of guanidine groups is 1. The van der Waals surface area contributed by atoms with Crippen molar-refractivity contribution in [3.8, 4) is 0 Å². The number of aromatic nitrogens is 1. The Hall–Kier alpha value is -1.67. The molecule has 8 heteroatoms. The summed E-state index contributed by atoms with van der Waals surface area (Å²) in [5.41, 5.74) is 1.14. The predicted molar refractivity (Wildman–Crippen MR) is 117 cm³/mol. The number of nitrogens with one attached hydrogen (secondary N) is 2. The van der Waals surface area contributed by atoms with Crippen LogP contribution in [0.2, 0.25) is 0 Å². The Balaban J connectivity index is 1.78. The fraction of sp³-hybridized carbons (Fsp3) is 0.750. The minimum atomic E-state index is 0.0527. The maximum atomic E-state index is 12.3. The van der Waals surface area contributed by atoms with Gasteiger partial charge in [0.15, 0.2) is 5.96 Å². The van der Waals surface area contributed by atoms with E-state index in [1.807, 2.05) is 14.1 Å². The van der Waals surface area contributed by atoms with E-state index in [0.29, 0.717) is 12.5 Å². The smallest absolute Gasteiger partial charge is 0.239 e. The van der Waals surface area contributed by atoms with E-state index < -0.39 is 0 Å². The molecule has 1 aromatic rings. The van der Waals surface area contributed by atoms with E-state index in [9.17, 15) is 4.79 Å². The van der Waals surface area contributed by atoms with Crippen molar-refractivity contribution in [2.24, 2.45) is 4.99 Å². The van der Waals surface area contributed by atoms with Gasteiger partial charge in [-0.15, -0.1) is 11.3 Å². The summed E-state index contributed by atoms with van der Waals surface area (Å²) >= 11 is 1.67. The molecular formula is C20H36N6OS. The van der Waals surface area contributed by atoms with Gasteiger partial charge in [-0.2, -0.15) is 0 Å². The van der Waals surface area contributed by atoms with Crippen LogP contribution in [0.4, 0.5) is 0 Å². The number of likely N-dealkylation sites (tertiary alicyclic amines) is 1. The monoisotopic (exact) mass is 408 g/mol. The maximum absolute atomic E-state index is 12.3. The van der Waals surface area contributed by atoms with Gasteiger partial charge in [0, 0.05) is 39.1 Å². The highest BCUT2D eigenvalue weighted by atomic mass is 32.1. The fourth-order valence-corrected chi connectivity index (χ4v) is 4.19. The lowest BCUT2D eigenvalue weighted by atomic mass is 10.2. The van der Waals surface area contributed by atoms with Crippen LogP contribution in [0.5, 0.6) is 0 Å². The summed E-state index contributed by atoms with van der Waals surface area (Å²) in [5, 5.41) is 9.87. The van der Waals surface area contributed by atoms with Gasteiger partial charge in [0.05, 0.1) is 18.3 Å². The van der Waals surface area contributed by atoms with E-state index in [-0.39, 0.29) is 11.9 Å². The van der Waals surface area contributed by atoms with E-state index in [1.165, 1.54) is 0 Å². The van der Waals surface area contributed by atoms with Crippen molar-refractivity contribution in [3.05, 3.63) is 16.1 Å². The van der Waals surface area contributed by atoms with Crippen molar-refractivity contribution >= 4 is 23.2 Å². The number of aliphatic imine (C=N–C) groups is 1. The number of hydrogen-bond acceptors (Lipinski definition) is 5. The van der Waals surface area contributed by atoms with E-state index in [4.69, 9.17) is 0 Å². The average molecular weight is 409 g/mol. The third-order valence-electron chi connectivity index (χ3n) is 4.88. The fourth-order valence-electron chi connectivity index (χ4n) is 3.31. The van der Waals surface area contributed by atoms with Crippen molar-refractivity contribution in [1.82, 2.24) is 25.4 Å². The molecule has 0 radical (unpaired) electrons. The summed E-state index contributed by atoms with van der Waals surface area (Å²) in [7, 11) is 3.68. The molecule has 1 aliphatic heterocycles. The van der Waals surface area contributed by atoms with Crippen LogP contribution in [0, 0.1) is 0 Å². The zero-order chi connectivity index (χ0) is 20.5. The van der Waals surface area contributed by atoms with E-state index in [0.717, 1.165) is 62.1 Å². The summed E-state index contributed by atoms with van der Waals surface area (Å²) in [4.78, 5) is 25.6. The first-order valence-electron chi connectivity index (χ1n) is 10.3. The van der Waals surface area contributed by atoms with Gasteiger partial charge in [-0.05, 0) is 38.6 Å². The topological polar surface area (TPSA) is 72.9 Å². The number of nitrogens with zero attached hydrogens (tertiary/aromatic N) is 4. The second-order valence-corrected chi connectivity index (χ2v) is 8.67. The molecule has 0 bridgehead atoms. The molecule has 1 atom stereocenters. The lowest BCUT2D eigenvalue weighted by Crippen LogP contribution is -2.44. The van der Waals surface area contributed by atoms with Crippen molar-refractivity contribution < 1.29 is 4.79 Å². The Bertz CT molecular complexity index is 642. The standard InChI is InChI=1S/C20H36N6OS/c1-6-21-20(23-13-18-24-16(14-28-18)15(2)3)22-10-8-12-26-11-7-9-17(26)19(27)25(4)5/h14-15,17H,6-13H2,1-5H3,(H2,21,22,23). The van der Waals surface area contributed by atoms with Crippen molar-refractivity contribution in [2.45, 2.75) is 58.5 Å². The summed E-state index contributed by atoms with van der Waals surface area (Å²) in [6.45, 7) is 10.6. The van der Waals surface area contributed by atoms with Gasteiger partial charge in [0.1, 0.15) is 5.01 Å². The molecule has 1 fully saturated rings. The highest BCUT2D eigenvalue weighted by Crippen LogP contribution is 2.19. The van der Waals surface area contributed by atoms with Crippen LogP contribution in [-0.2, 0) is 11.3 Å². The first-order chi connectivity index (χ1) is 13.4. The molecule has 1 unspecified atom stereocenters.